The van der Waals surface area contributed by atoms with Gasteiger partial charge in [0.15, 0.2) is 0 Å². The Morgan fingerprint density at radius 2 is 2.23 bits per heavy atom. The van der Waals surface area contributed by atoms with Crippen molar-refractivity contribution in [3.05, 3.63) is 39.4 Å². The molecule has 0 amide bonds. The molecule has 0 saturated heterocycles. The summed E-state index contributed by atoms with van der Waals surface area (Å²) < 4.78 is 0. The van der Waals surface area contributed by atoms with Crippen LogP contribution in [-0.2, 0) is 0 Å². The lowest BCUT2D eigenvalue weighted by atomic mass is 10.1. The van der Waals surface area contributed by atoms with Gasteiger partial charge in [0.25, 0.3) is 5.69 Å². The molecular formula is C8H9N3O2. The SMILES string of the molecule is Cc1ccc(C(=N)N)c([N+](=O)[O-])c1. The number of benzene rings is 1. The maximum Gasteiger partial charge on any atom is 0.280 e. The van der Waals surface area contributed by atoms with Gasteiger partial charge in [-0.3, -0.25) is 15.5 Å². The molecule has 0 aromatic heterocycles. The zero-order chi connectivity index (χ0) is 10.0. The van der Waals surface area contributed by atoms with Crippen LogP contribution >= 0.6 is 0 Å². The molecule has 0 radical (unpaired) electrons. The average molecular weight is 179 g/mol. The summed E-state index contributed by atoms with van der Waals surface area (Å²) in [5.74, 6) is -0.285. The van der Waals surface area contributed by atoms with Gasteiger partial charge >= 0.3 is 0 Å². The first-order chi connectivity index (χ1) is 6.02. The van der Waals surface area contributed by atoms with Crippen molar-refractivity contribution in [2.75, 3.05) is 0 Å². The monoisotopic (exact) mass is 179 g/mol. The van der Waals surface area contributed by atoms with E-state index in [0.29, 0.717) is 0 Å². The van der Waals surface area contributed by atoms with E-state index in [1.807, 2.05) is 0 Å². The number of nitro benzene ring substituents is 1. The number of aryl methyl sites for hydroxylation is 1. The Bertz CT molecular complexity index is 374. The van der Waals surface area contributed by atoms with E-state index < -0.39 is 4.92 Å². The molecule has 0 heterocycles. The molecule has 1 aromatic rings. The number of rotatable bonds is 2. The molecule has 3 N–H and O–H groups in total. The van der Waals surface area contributed by atoms with E-state index >= 15 is 0 Å². The highest BCUT2D eigenvalue weighted by molar-refractivity contribution is 5.98. The Morgan fingerprint density at radius 3 is 2.69 bits per heavy atom. The molecule has 0 atom stereocenters. The molecule has 1 aromatic carbocycles. The Labute approximate surface area is 74.8 Å². The first kappa shape index (κ1) is 9.18. The van der Waals surface area contributed by atoms with Gasteiger partial charge in [0.2, 0.25) is 0 Å². The Balaban J connectivity index is 3.35. The lowest BCUT2D eigenvalue weighted by molar-refractivity contribution is -0.385. The standard InChI is InChI=1S/C8H9N3O2/c1-5-2-3-6(8(9)10)7(4-5)11(12)13/h2-4H,1H3,(H3,9,10). The van der Waals surface area contributed by atoms with Gasteiger partial charge in [0, 0.05) is 6.07 Å². The van der Waals surface area contributed by atoms with Crippen LogP contribution in [-0.4, -0.2) is 10.8 Å². The summed E-state index contributed by atoms with van der Waals surface area (Å²) >= 11 is 0. The van der Waals surface area contributed by atoms with Crippen molar-refractivity contribution in [1.29, 1.82) is 5.41 Å². The molecule has 0 spiro atoms. The van der Waals surface area contributed by atoms with Crippen molar-refractivity contribution in [2.24, 2.45) is 5.73 Å². The Morgan fingerprint density at radius 1 is 1.62 bits per heavy atom. The van der Waals surface area contributed by atoms with Crippen LogP contribution in [0, 0.1) is 22.4 Å². The number of amidine groups is 1. The second-order valence-corrected chi connectivity index (χ2v) is 2.69. The highest BCUT2D eigenvalue weighted by Crippen LogP contribution is 2.18. The van der Waals surface area contributed by atoms with Gasteiger partial charge in [-0.2, -0.15) is 0 Å². The third-order valence-electron chi connectivity index (χ3n) is 1.64. The highest BCUT2D eigenvalue weighted by atomic mass is 16.6. The number of hydrogen-bond acceptors (Lipinski definition) is 3. The maximum absolute atomic E-state index is 10.5. The zero-order valence-electron chi connectivity index (χ0n) is 7.07. The largest absolute Gasteiger partial charge is 0.383 e. The van der Waals surface area contributed by atoms with Crippen LogP contribution in [0.25, 0.3) is 0 Å². The third kappa shape index (κ3) is 1.81. The molecule has 0 unspecified atom stereocenters. The molecule has 0 fully saturated rings. The van der Waals surface area contributed by atoms with Gasteiger partial charge in [-0.1, -0.05) is 6.07 Å². The summed E-state index contributed by atoms with van der Waals surface area (Å²) in [6.45, 7) is 1.75. The molecule has 1 rings (SSSR count). The summed E-state index contributed by atoms with van der Waals surface area (Å²) in [5, 5.41) is 17.6. The summed E-state index contributed by atoms with van der Waals surface area (Å²) in [5.41, 5.74) is 6.00. The number of nitrogens with zero attached hydrogens (tertiary/aromatic N) is 1. The molecule has 0 aliphatic rings. The number of nitrogens with two attached hydrogens (primary N) is 1. The lowest BCUT2D eigenvalue weighted by Crippen LogP contribution is -2.13. The fourth-order valence-corrected chi connectivity index (χ4v) is 1.02. The van der Waals surface area contributed by atoms with Gasteiger partial charge in [-0.25, -0.2) is 0 Å². The van der Waals surface area contributed by atoms with E-state index in [2.05, 4.69) is 0 Å². The minimum absolute atomic E-state index is 0.118. The molecule has 0 bridgehead atoms. The van der Waals surface area contributed by atoms with Crippen LogP contribution < -0.4 is 5.73 Å². The van der Waals surface area contributed by atoms with E-state index in [9.17, 15) is 10.1 Å². The third-order valence-corrected chi connectivity index (χ3v) is 1.64. The second-order valence-electron chi connectivity index (χ2n) is 2.69. The molecule has 0 aliphatic carbocycles. The summed E-state index contributed by atoms with van der Waals surface area (Å²) in [6.07, 6.45) is 0. The van der Waals surface area contributed by atoms with Crippen LogP contribution in [0.4, 0.5) is 5.69 Å². The van der Waals surface area contributed by atoms with Gasteiger partial charge in [0.05, 0.1) is 10.5 Å². The van der Waals surface area contributed by atoms with Crippen molar-refractivity contribution in [3.63, 3.8) is 0 Å². The van der Waals surface area contributed by atoms with Crippen LogP contribution in [0.5, 0.6) is 0 Å². The normalized spacial score (nSPS) is 9.62. The van der Waals surface area contributed by atoms with E-state index in [0.717, 1.165) is 5.56 Å². The number of nitrogen functional groups attached to an aromatic ring is 1. The van der Waals surface area contributed by atoms with E-state index in [-0.39, 0.29) is 17.1 Å². The molecule has 5 nitrogen and oxygen atoms in total. The molecule has 0 saturated carbocycles. The predicted octanol–water partition coefficient (Wildman–Crippen LogP) is 1.19. The summed E-state index contributed by atoms with van der Waals surface area (Å²) in [7, 11) is 0. The number of nitrogens with one attached hydrogen (secondary N) is 1. The number of hydrogen-bond donors (Lipinski definition) is 2. The maximum atomic E-state index is 10.5. The second kappa shape index (κ2) is 3.22. The van der Waals surface area contributed by atoms with Crippen molar-refractivity contribution < 1.29 is 4.92 Å². The van der Waals surface area contributed by atoms with Crippen molar-refractivity contribution >= 4 is 11.5 Å². The van der Waals surface area contributed by atoms with Crippen molar-refractivity contribution in [2.45, 2.75) is 6.92 Å². The van der Waals surface area contributed by atoms with Crippen LogP contribution in [0.3, 0.4) is 0 Å². The average Bonchev–Trinajstić information content (AvgIpc) is 2.03. The quantitative estimate of drug-likeness (QED) is 0.309. The van der Waals surface area contributed by atoms with Crippen molar-refractivity contribution in [1.82, 2.24) is 0 Å². The molecule has 68 valence electrons. The first-order valence-electron chi connectivity index (χ1n) is 3.62. The van der Waals surface area contributed by atoms with E-state index in [1.165, 1.54) is 12.1 Å². The molecule has 13 heavy (non-hydrogen) atoms. The van der Waals surface area contributed by atoms with Gasteiger partial charge in [-0.15, -0.1) is 0 Å². The minimum Gasteiger partial charge on any atom is -0.383 e. The van der Waals surface area contributed by atoms with Crippen LogP contribution in [0.15, 0.2) is 18.2 Å². The fourth-order valence-electron chi connectivity index (χ4n) is 1.02. The minimum atomic E-state index is -0.538. The van der Waals surface area contributed by atoms with Crippen LogP contribution in [0.1, 0.15) is 11.1 Å². The lowest BCUT2D eigenvalue weighted by Gasteiger charge is -2.00. The number of nitro groups is 1. The zero-order valence-corrected chi connectivity index (χ0v) is 7.07. The molecule has 5 heteroatoms. The van der Waals surface area contributed by atoms with Crippen LogP contribution in [0.2, 0.25) is 0 Å². The van der Waals surface area contributed by atoms with Gasteiger partial charge < -0.3 is 5.73 Å². The van der Waals surface area contributed by atoms with E-state index in [4.69, 9.17) is 11.1 Å². The van der Waals surface area contributed by atoms with Gasteiger partial charge in [-0.05, 0) is 18.6 Å². The summed E-state index contributed by atoms with van der Waals surface area (Å²) in [4.78, 5) is 9.99. The topological polar surface area (TPSA) is 93.0 Å². The Hall–Kier alpha value is -1.91. The van der Waals surface area contributed by atoms with Gasteiger partial charge in [0.1, 0.15) is 5.84 Å². The smallest absolute Gasteiger partial charge is 0.280 e. The first-order valence-corrected chi connectivity index (χ1v) is 3.62. The Kier molecular flexibility index (Phi) is 2.27. The fraction of sp³-hybridized carbons (Fsp3) is 0.125. The van der Waals surface area contributed by atoms with E-state index in [1.54, 1.807) is 13.0 Å². The predicted molar refractivity (Wildman–Crippen MR) is 48.8 cm³/mol. The van der Waals surface area contributed by atoms with Crippen molar-refractivity contribution in [3.8, 4) is 0 Å². The molecular weight excluding hydrogens is 170 g/mol. The summed E-state index contributed by atoms with van der Waals surface area (Å²) in [6, 6.07) is 4.57. The highest BCUT2D eigenvalue weighted by Gasteiger charge is 2.15. The molecule has 0 aliphatic heterocycles.